The molecule has 4 rings (SSSR count). The molecule has 1 amide bonds. The highest BCUT2D eigenvalue weighted by Crippen LogP contribution is 2.29. The van der Waals surface area contributed by atoms with Crippen LogP contribution < -0.4 is 0 Å². The molecular weight excluding hydrogens is 340 g/mol. The summed E-state index contributed by atoms with van der Waals surface area (Å²) < 4.78 is 9.38. The molecule has 1 atom stereocenters. The minimum Gasteiger partial charge on any atom is -0.383 e. The van der Waals surface area contributed by atoms with Crippen molar-refractivity contribution in [3.05, 3.63) is 54.2 Å². The van der Waals surface area contributed by atoms with Gasteiger partial charge in [-0.2, -0.15) is 0 Å². The van der Waals surface area contributed by atoms with Gasteiger partial charge in [-0.25, -0.2) is 4.98 Å². The van der Waals surface area contributed by atoms with Crippen molar-refractivity contribution in [2.75, 3.05) is 26.8 Å². The van der Waals surface area contributed by atoms with Gasteiger partial charge in [0.1, 0.15) is 5.82 Å². The topological polar surface area (TPSA) is 52.3 Å². The van der Waals surface area contributed by atoms with Gasteiger partial charge in [-0.05, 0) is 18.9 Å². The maximum absolute atomic E-state index is 13.3. The molecule has 142 valence electrons. The number of fused-ring (bicyclic) bond motifs is 1. The summed E-state index contributed by atoms with van der Waals surface area (Å²) in [5, 5.41) is 1.02. The van der Waals surface area contributed by atoms with Crippen molar-refractivity contribution >= 4 is 16.8 Å². The van der Waals surface area contributed by atoms with E-state index in [1.807, 2.05) is 53.3 Å². The minimum atomic E-state index is 0.117. The van der Waals surface area contributed by atoms with Crippen LogP contribution in [-0.4, -0.2) is 51.7 Å². The van der Waals surface area contributed by atoms with Gasteiger partial charge in [-0.15, -0.1) is 0 Å². The van der Waals surface area contributed by atoms with Crippen LogP contribution in [0.1, 0.15) is 34.9 Å². The van der Waals surface area contributed by atoms with Gasteiger partial charge in [-0.1, -0.05) is 18.2 Å². The van der Waals surface area contributed by atoms with Crippen LogP contribution in [0, 0.1) is 0 Å². The van der Waals surface area contributed by atoms with Gasteiger partial charge in [0, 0.05) is 69.2 Å². The first kappa shape index (κ1) is 17.8. The van der Waals surface area contributed by atoms with Crippen molar-refractivity contribution < 1.29 is 9.53 Å². The Kier molecular flexibility index (Phi) is 4.99. The van der Waals surface area contributed by atoms with Gasteiger partial charge in [0.05, 0.1) is 12.2 Å². The molecule has 0 spiro atoms. The lowest BCUT2D eigenvalue weighted by atomic mass is 9.96. The molecule has 3 aromatic rings. The molecule has 1 aliphatic heterocycles. The number of aryl methyl sites for hydroxylation is 1. The Morgan fingerprint density at radius 2 is 2.19 bits per heavy atom. The lowest BCUT2D eigenvalue weighted by Crippen LogP contribution is -2.39. The quantitative estimate of drug-likeness (QED) is 0.697. The predicted octanol–water partition coefficient (Wildman–Crippen LogP) is 3.04. The lowest BCUT2D eigenvalue weighted by molar-refractivity contribution is 0.0704. The van der Waals surface area contributed by atoms with Crippen molar-refractivity contribution in [2.45, 2.75) is 25.3 Å². The monoisotopic (exact) mass is 366 g/mol. The third-order valence-electron chi connectivity index (χ3n) is 5.49. The second-order valence-electron chi connectivity index (χ2n) is 7.23. The number of aromatic nitrogens is 3. The number of piperidine rings is 1. The number of nitrogens with zero attached hydrogens (tertiary/aromatic N) is 4. The number of methoxy groups -OCH3 is 1. The fourth-order valence-electron chi connectivity index (χ4n) is 4.11. The van der Waals surface area contributed by atoms with Crippen molar-refractivity contribution in [2.24, 2.45) is 7.05 Å². The standard InChI is InChI=1S/C21H26N4O2/c1-23-15-18(17-7-3-4-8-19(17)23)21(26)25-10-5-6-16(14-25)20-22-9-11-24(20)12-13-27-2/h3-4,7-9,11,15-16H,5-6,10,12-14H2,1-2H3/t16-/m1/s1. The first-order chi connectivity index (χ1) is 13.2. The molecule has 2 aromatic heterocycles. The van der Waals surface area contributed by atoms with Crippen LogP contribution in [0.5, 0.6) is 0 Å². The van der Waals surface area contributed by atoms with Crippen LogP contribution in [0.15, 0.2) is 42.9 Å². The molecule has 3 heterocycles. The van der Waals surface area contributed by atoms with Gasteiger partial charge < -0.3 is 18.8 Å². The molecule has 0 radical (unpaired) electrons. The van der Waals surface area contributed by atoms with E-state index in [0.29, 0.717) is 13.2 Å². The first-order valence-electron chi connectivity index (χ1n) is 9.52. The highest BCUT2D eigenvalue weighted by atomic mass is 16.5. The largest absolute Gasteiger partial charge is 0.383 e. The van der Waals surface area contributed by atoms with E-state index in [1.54, 1.807) is 7.11 Å². The number of rotatable bonds is 5. The van der Waals surface area contributed by atoms with Crippen molar-refractivity contribution in [1.29, 1.82) is 0 Å². The molecule has 0 unspecified atom stereocenters. The van der Waals surface area contributed by atoms with E-state index in [0.717, 1.165) is 48.2 Å². The Morgan fingerprint density at radius 3 is 3.04 bits per heavy atom. The highest BCUT2D eigenvalue weighted by molar-refractivity contribution is 6.07. The van der Waals surface area contributed by atoms with E-state index in [-0.39, 0.29) is 11.8 Å². The summed E-state index contributed by atoms with van der Waals surface area (Å²) in [5.74, 6) is 1.44. The number of amides is 1. The van der Waals surface area contributed by atoms with Crippen LogP contribution in [0.25, 0.3) is 10.9 Å². The maximum Gasteiger partial charge on any atom is 0.256 e. The maximum atomic E-state index is 13.3. The van der Waals surface area contributed by atoms with Crippen LogP contribution in [-0.2, 0) is 18.3 Å². The highest BCUT2D eigenvalue weighted by Gasteiger charge is 2.29. The zero-order valence-electron chi connectivity index (χ0n) is 16.0. The molecule has 1 aliphatic rings. The number of imidazole rings is 1. The number of hydrogen-bond acceptors (Lipinski definition) is 3. The fourth-order valence-corrected chi connectivity index (χ4v) is 4.11. The minimum absolute atomic E-state index is 0.117. The predicted molar refractivity (Wildman–Crippen MR) is 105 cm³/mol. The number of para-hydroxylation sites is 1. The second kappa shape index (κ2) is 7.56. The van der Waals surface area contributed by atoms with Gasteiger partial charge in [0.2, 0.25) is 0 Å². The smallest absolute Gasteiger partial charge is 0.256 e. The Morgan fingerprint density at radius 1 is 1.33 bits per heavy atom. The summed E-state index contributed by atoms with van der Waals surface area (Å²) in [5.41, 5.74) is 1.88. The Labute approximate surface area is 159 Å². The van der Waals surface area contributed by atoms with Crippen LogP contribution >= 0.6 is 0 Å². The Bertz CT molecular complexity index is 943. The summed E-state index contributed by atoms with van der Waals surface area (Å²) in [6.07, 6.45) is 7.86. The SMILES string of the molecule is COCCn1ccnc1[C@@H]1CCCN(C(=O)c2cn(C)c3ccccc23)C1. The molecule has 27 heavy (non-hydrogen) atoms. The molecule has 0 bridgehead atoms. The van der Waals surface area contributed by atoms with Crippen molar-refractivity contribution in [1.82, 2.24) is 19.0 Å². The van der Waals surface area contributed by atoms with Crippen molar-refractivity contribution in [3.63, 3.8) is 0 Å². The van der Waals surface area contributed by atoms with E-state index in [2.05, 4.69) is 15.6 Å². The molecule has 1 fully saturated rings. The van der Waals surface area contributed by atoms with Crippen LogP contribution in [0.3, 0.4) is 0 Å². The third kappa shape index (κ3) is 3.37. The molecule has 0 N–H and O–H groups in total. The van der Waals surface area contributed by atoms with Crippen LogP contribution in [0.2, 0.25) is 0 Å². The van der Waals surface area contributed by atoms with E-state index in [4.69, 9.17) is 4.74 Å². The number of carbonyl (C=O) groups is 1. The number of benzene rings is 1. The summed E-state index contributed by atoms with van der Waals surface area (Å²) in [4.78, 5) is 19.8. The molecular formula is C21H26N4O2. The normalized spacial score (nSPS) is 17.6. The molecule has 1 saturated heterocycles. The van der Waals surface area contributed by atoms with E-state index >= 15 is 0 Å². The van der Waals surface area contributed by atoms with Crippen molar-refractivity contribution in [3.8, 4) is 0 Å². The van der Waals surface area contributed by atoms with Gasteiger partial charge in [0.15, 0.2) is 0 Å². The molecule has 1 aromatic carbocycles. The summed E-state index contributed by atoms with van der Waals surface area (Å²) in [7, 11) is 3.70. The number of likely N-dealkylation sites (tertiary alicyclic amines) is 1. The Balaban J connectivity index is 1.56. The van der Waals surface area contributed by atoms with Gasteiger partial charge in [0.25, 0.3) is 5.91 Å². The molecule has 6 nitrogen and oxygen atoms in total. The molecule has 6 heteroatoms. The average Bonchev–Trinajstić information content (AvgIpc) is 3.31. The number of carbonyl (C=O) groups excluding carboxylic acids is 1. The second-order valence-corrected chi connectivity index (χ2v) is 7.23. The van der Waals surface area contributed by atoms with E-state index in [1.165, 1.54) is 0 Å². The van der Waals surface area contributed by atoms with Gasteiger partial charge >= 0.3 is 0 Å². The van der Waals surface area contributed by atoms with Crippen LogP contribution in [0.4, 0.5) is 0 Å². The van der Waals surface area contributed by atoms with Gasteiger partial charge in [-0.3, -0.25) is 4.79 Å². The summed E-state index contributed by atoms with van der Waals surface area (Å²) in [6.45, 7) is 2.97. The van der Waals surface area contributed by atoms with E-state index in [9.17, 15) is 4.79 Å². The summed E-state index contributed by atoms with van der Waals surface area (Å²) >= 11 is 0. The lowest BCUT2D eigenvalue weighted by Gasteiger charge is -2.32. The Hall–Kier alpha value is -2.60. The summed E-state index contributed by atoms with van der Waals surface area (Å²) in [6, 6.07) is 8.08. The number of hydrogen-bond donors (Lipinski definition) is 0. The van der Waals surface area contributed by atoms with E-state index < -0.39 is 0 Å². The average molecular weight is 366 g/mol. The number of ether oxygens (including phenoxy) is 1. The zero-order chi connectivity index (χ0) is 18.8. The third-order valence-corrected chi connectivity index (χ3v) is 5.49. The fraction of sp³-hybridized carbons (Fsp3) is 0.429. The first-order valence-corrected chi connectivity index (χ1v) is 9.52. The zero-order valence-corrected chi connectivity index (χ0v) is 16.0. The molecule has 0 saturated carbocycles. The molecule has 0 aliphatic carbocycles.